The minimum atomic E-state index is -0.857. The van der Waals surface area contributed by atoms with Crippen LogP contribution in [-0.4, -0.2) is 16.2 Å². The lowest BCUT2D eigenvalue weighted by atomic mass is 9.77. The van der Waals surface area contributed by atoms with Gasteiger partial charge in [0.15, 0.2) is 5.76 Å². The summed E-state index contributed by atoms with van der Waals surface area (Å²) in [5, 5.41) is 13.6. The van der Waals surface area contributed by atoms with Crippen LogP contribution in [0.3, 0.4) is 0 Å². The molecule has 0 aliphatic heterocycles. The number of carboxylic acid groups (broad SMARTS) is 1. The number of rotatable bonds is 3. The van der Waals surface area contributed by atoms with Crippen molar-refractivity contribution < 1.29 is 14.4 Å². The van der Waals surface area contributed by atoms with Gasteiger partial charge in [0.2, 0.25) is 0 Å². The molecule has 3 aliphatic rings. The fourth-order valence-electron chi connectivity index (χ4n) is 3.61. The molecule has 1 aromatic rings. The summed E-state index contributed by atoms with van der Waals surface area (Å²) in [6, 6.07) is 0. The predicted octanol–water partition coefficient (Wildman–Crippen LogP) is 3.69. The molecule has 102 valence electrons. The van der Waals surface area contributed by atoms with E-state index in [1.54, 1.807) is 0 Å². The summed E-state index contributed by atoms with van der Waals surface area (Å²) in [6.07, 6.45) is 9.47. The van der Waals surface area contributed by atoms with E-state index in [-0.39, 0.29) is 0 Å². The summed E-state index contributed by atoms with van der Waals surface area (Å²) >= 11 is 0. The molecule has 0 aromatic carbocycles. The molecule has 1 heterocycles. The van der Waals surface area contributed by atoms with Crippen molar-refractivity contribution >= 4 is 5.97 Å². The van der Waals surface area contributed by atoms with Crippen LogP contribution in [-0.2, 0) is 0 Å². The summed E-state index contributed by atoms with van der Waals surface area (Å²) in [5.74, 6) is 0.387. The van der Waals surface area contributed by atoms with Crippen LogP contribution in [0.4, 0.5) is 0 Å². The van der Waals surface area contributed by atoms with Gasteiger partial charge >= 0.3 is 5.97 Å². The van der Waals surface area contributed by atoms with E-state index < -0.39 is 5.97 Å². The lowest BCUT2D eigenvalue weighted by Gasteiger charge is -2.27. The van der Waals surface area contributed by atoms with Crippen LogP contribution in [0.5, 0.6) is 0 Å². The van der Waals surface area contributed by atoms with E-state index in [9.17, 15) is 9.90 Å². The molecule has 3 saturated carbocycles. The number of hydrogen-bond acceptors (Lipinski definition) is 3. The van der Waals surface area contributed by atoms with Crippen molar-refractivity contribution in [3.05, 3.63) is 17.0 Å². The average molecular weight is 261 g/mol. The minimum Gasteiger partial charge on any atom is -0.477 e. The van der Waals surface area contributed by atoms with Gasteiger partial charge in [-0.25, -0.2) is 4.79 Å². The molecule has 0 amide bonds. The zero-order valence-electron chi connectivity index (χ0n) is 11.0. The molecule has 0 unspecified atom stereocenters. The third kappa shape index (κ3) is 1.88. The number of carbonyl (C=O) groups is 1. The van der Waals surface area contributed by atoms with Crippen molar-refractivity contribution in [1.29, 1.82) is 0 Å². The standard InChI is InChI=1S/C15H19NO3/c17-14(18)11-12(16-19-13(11)10-1-2-10)9-3-5-15(6-4-9)7-8-15/h9-10H,1-8H2,(H,17,18). The largest absolute Gasteiger partial charge is 0.477 e. The summed E-state index contributed by atoms with van der Waals surface area (Å²) in [4.78, 5) is 11.5. The molecule has 19 heavy (non-hydrogen) atoms. The highest BCUT2D eigenvalue weighted by Gasteiger charge is 2.46. The third-order valence-corrected chi connectivity index (χ3v) is 5.30. The maximum atomic E-state index is 11.5. The highest BCUT2D eigenvalue weighted by molar-refractivity contribution is 5.90. The zero-order valence-corrected chi connectivity index (χ0v) is 11.0. The van der Waals surface area contributed by atoms with Gasteiger partial charge in [-0.2, -0.15) is 0 Å². The van der Waals surface area contributed by atoms with Crippen LogP contribution < -0.4 is 0 Å². The lowest BCUT2D eigenvalue weighted by Crippen LogP contribution is -2.16. The SMILES string of the molecule is O=C(O)c1c(C2CCC3(CC2)CC3)noc1C1CC1. The number of carboxylic acids is 1. The first-order chi connectivity index (χ1) is 9.19. The van der Waals surface area contributed by atoms with Crippen molar-refractivity contribution in [2.45, 2.75) is 63.2 Å². The highest BCUT2D eigenvalue weighted by Crippen LogP contribution is 2.58. The Labute approximate surface area is 112 Å². The quantitative estimate of drug-likeness (QED) is 0.901. The van der Waals surface area contributed by atoms with E-state index in [1.165, 1.54) is 25.7 Å². The number of nitrogens with zero attached hydrogens (tertiary/aromatic N) is 1. The van der Waals surface area contributed by atoms with E-state index in [1.807, 2.05) is 0 Å². The third-order valence-electron chi connectivity index (χ3n) is 5.30. The van der Waals surface area contributed by atoms with Crippen LogP contribution in [0.25, 0.3) is 0 Å². The molecule has 0 radical (unpaired) electrons. The summed E-state index contributed by atoms with van der Waals surface area (Å²) in [7, 11) is 0. The van der Waals surface area contributed by atoms with Crippen LogP contribution >= 0.6 is 0 Å². The zero-order chi connectivity index (χ0) is 13.0. The molecule has 0 bridgehead atoms. The number of aromatic carboxylic acids is 1. The Bertz CT molecular complexity index is 515. The van der Waals surface area contributed by atoms with Crippen molar-refractivity contribution in [1.82, 2.24) is 5.16 Å². The smallest absolute Gasteiger partial charge is 0.341 e. The second-order valence-electron chi connectivity index (χ2n) is 6.66. The number of aromatic nitrogens is 1. The van der Waals surface area contributed by atoms with Gasteiger partial charge in [0, 0.05) is 11.8 Å². The predicted molar refractivity (Wildman–Crippen MR) is 68.3 cm³/mol. The molecule has 1 aromatic heterocycles. The second kappa shape index (κ2) is 3.84. The first-order valence-corrected chi connectivity index (χ1v) is 7.41. The molecule has 0 saturated heterocycles. The van der Waals surface area contributed by atoms with Gasteiger partial charge in [-0.15, -0.1) is 0 Å². The number of hydrogen-bond donors (Lipinski definition) is 1. The molecular weight excluding hydrogens is 242 g/mol. The van der Waals surface area contributed by atoms with Gasteiger partial charge in [-0.05, 0) is 56.8 Å². The summed E-state index contributed by atoms with van der Waals surface area (Å²) in [6.45, 7) is 0. The maximum absolute atomic E-state index is 11.5. The lowest BCUT2D eigenvalue weighted by molar-refractivity contribution is 0.0692. The molecule has 4 rings (SSSR count). The monoisotopic (exact) mass is 261 g/mol. The Morgan fingerprint density at radius 2 is 1.79 bits per heavy atom. The molecule has 4 nitrogen and oxygen atoms in total. The van der Waals surface area contributed by atoms with Crippen LogP contribution in [0.2, 0.25) is 0 Å². The van der Waals surface area contributed by atoms with Crippen LogP contribution in [0.1, 0.15) is 85.0 Å². The fourth-order valence-corrected chi connectivity index (χ4v) is 3.61. The topological polar surface area (TPSA) is 63.3 Å². The summed E-state index contributed by atoms with van der Waals surface area (Å²) in [5.41, 5.74) is 1.74. The molecule has 4 heteroatoms. The van der Waals surface area contributed by atoms with E-state index in [4.69, 9.17) is 4.52 Å². The van der Waals surface area contributed by atoms with E-state index >= 15 is 0 Å². The van der Waals surface area contributed by atoms with Crippen molar-refractivity contribution in [3.8, 4) is 0 Å². The van der Waals surface area contributed by atoms with Crippen LogP contribution in [0, 0.1) is 5.41 Å². The first kappa shape index (κ1) is 11.5. The van der Waals surface area contributed by atoms with Gasteiger partial charge in [0.25, 0.3) is 0 Å². The van der Waals surface area contributed by atoms with Gasteiger partial charge in [0.05, 0.1) is 0 Å². The van der Waals surface area contributed by atoms with Crippen molar-refractivity contribution in [2.75, 3.05) is 0 Å². The minimum absolute atomic E-state index is 0.300. The van der Waals surface area contributed by atoms with Gasteiger partial charge < -0.3 is 9.63 Å². The maximum Gasteiger partial charge on any atom is 0.341 e. The van der Waals surface area contributed by atoms with Crippen molar-refractivity contribution in [3.63, 3.8) is 0 Å². The van der Waals surface area contributed by atoms with Gasteiger partial charge in [0.1, 0.15) is 11.3 Å². The van der Waals surface area contributed by atoms with Gasteiger partial charge in [-0.1, -0.05) is 5.16 Å². The molecule has 1 spiro atoms. The Morgan fingerprint density at radius 3 is 2.32 bits per heavy atom. The van der Waals surface area contributed by atoms with E-state index in [0.717, 1.165) is 31.4 Å². The Balaban J connectivity index is 1.61. The van der Waals surface area contributed by atoms with Crippen LogP contribution in [0.15, 0.2) is 4.52 Å². The van der Waals surface area contributed by atoms with Gasteiger partial charge in [-0.3, -0.25) is 0 Å². The molecule has 1 N–H and O–H groups in total. The van der Waals surface area contributed by atoms with E-state index in [0.29, 0.717) is 28.6 Å². The Hall–Kier alpha value is -1.32. The Morgan fingerprint density at radius 1 is 1.11 bits per heavy atom. The molecular formula is C15H19NO3. The second-order valence-corrected chi connectivity index (χ2v) is 6.66. The van der Waals surface area contributed by atoms with Crippen molar-refractivity contribution in [2.24, 2.45) is 5.41 Å². The molecule has 3 fully saturated rings. The summed E-state index contributed by atoms with van der Waals surface area (Å²) < 4.78 is 5.37. The van der Waals surface area contributed by atoms with E-state index in [2.05, 4.69) is 5.16 Å². The first-order valence-electron chi connectivity index (χ1n) is 7.41. The molecule has 0 atom stereocenters. The highest BCUT2D eigenvalue weighted by atomic mass is 16.5. The average Bonchev–Trinajstić information content (AvgIpc) is 3.32. The Kier molecular flexibility index (Phi) is 2.32. The fraction of sp³-hybridized carbons (Fsp3) is 0.733. The molecule has 3 aliphatic carbocycles. The normalized spacial score (nSPS) is 25.7.